The number of nitro groups is 1. The normalized spacial score (nSPS) is 10.6. The van der Waals surface area contributed by atoms with Gasteiger partial charge in [0.15, 0.2) is 0 Å². The molecule has 0 saturated heterocycles. The topological polar surface area (TPSA) is 75.5 Å². The number of amides is 1. The number of hydrogen-bond donors (Lipinski definition) is 1. The highest BCUT2D eigenvalue weighted by Gasteiger charge is 2.11. The van der Waals surface area contributed by atoms with Crippen LogP contribution >= 0.6 is 11.6 Å². The molecule has 124 valence electrons. The van der Waals surface area contributed by atoms with E-state index in [0.29, 0.717) is 16.3 Å². The first-order valence-electron chi connectivity index (χ1n) is 7.08. The summed E-state index contributed by atoms with van der Waals surface area (Å²) in [6, 6.07) is 11.4. The van der Waals surface area contributed by atoms with Gasteiger partial charge in [-0.2, -0.15) is 0 Å². The Morgan fingerprint density at radius 2 is 1.96 bits per heavy atom. The van der Waals surface area contributed by atoms with Crippen molar-refractivity contribution in [2.45, 2.75) is 0 Å². The van der Waals surface area contributed by atoms with Crippen molar-refractivity contribution in [2.24, 2.45) is 0 Å². The molecule has 0 bridgehead atoms. The summed E-state index contributed by atoms with van der Waals surface area (Å²) in [7, 11) is 3.70. The molecule has 2 rings (SSSR count). The highest BCUT2D eigenvalue weighted by atomic mass is 35.5. The molecule has 6 nitrogen and oxygen atoms in total. The summed E-state index contributed by atoms with van der Waals surface area (Å²) in [6.45, 7) is 0. The Kier molecular flexibility index (Phi) is 5.55. The van der Waals surface area contributed by atoms with E-state index in [-0.39, 0.29) is 5.69 Å². The van der Waals surface area contributed by atoms with Gasteiger partial charge in [-0.3, -0.25) is 14.9 Å². The molecule has 1 N–H and O–H groups in total. The zero-order chi connectivity index (χ0) is 17.7. The van der Waals surface area contributed by atoms with Crippen LogP contribution in [0, 0.1) is 10.1 Å². The van der Waals surface area contributed by atoms with E-state index in [1.165, 1.54) is 18.2 Å². The fourth-order valence-corrected chi connectivity index (χ4v) is 2.31. The molecule has 2 aromatic rings. The lowest BCUT2D eigenvalue weighted by atomic mass is 10.1. The molecule has 0 aliphatic rings. The molecule has 0 unspecified atom stereocenters. The van der Waals surface area contributed by atoms with Crippen LogP contribution in [0.5, 0.6) is 0 Å². The number of para-hydroxylation sites is 1. The summed E-state index contributed by atoms with van der Waals surface area (Å²) in [4.78, 5) is 24.4. The van der Waals surface area contributed by atoms with Crippen molar-refractivity contribution in [1.29, 1.82) is 0 Å². The minimum absolute atomic E-state index is 0.0571. The molecule has 0 heterocycles. The Morgan fingerprint density at radius 1 is 1.25 bits per heavy atom. The highest BCUT2D eigenvalue weighted by Crippen LogP contribution is 2.28. The van der Waals surface area contributed by atoms with Crippen molar-refractivity contribution in [3.8, 4) is 0 Å². The predicted octanol–water partition coefficient (Wildman–Crippen LogP) is 3.97. The molecule has 7 heteroatoms. The van der Waals surface area contributed by atoms with E-state index < -0.39 is 10.8 Å². The molecular weight excluding hydrogens is 330 g/mol. The Hall–Kier alpha value is -2.86. The van der Waals surface area contributed by atoms with Crippen molar-refractivity contribution in [2.75, 3.05) is 24.3 Å². The van der Waals surface area contributed by atoms with E-state index in [4.69, 9.17) is 11.6 Å². The number of nitro benzene ring substituents is 1. The second kappa shape index (κ2) is 7.61. The average molecular weight is 346 g/mol. The number of nitrogens with zero attached hydrogens (tertiary/aromatic N) is 2. The molecule has 1 amide bonds. The molecule has 0 aliphatic heterocycles. The first kappa shape index (κ1) is 17.5. The minimum atomic E-state index is -0.487. The Bertz CT molecular complexity index is 803. The zero-order valence-electron chi connectivity index (χ0n) is 13.2. The maximum Gasteiger partial charge on any atom is 0.276 e. The van der Waals surface area contributed by atoms with E-state index in [9.17, 15) is 14.9 Å². The number of hydrogen-bond acceptors (Lipinski definition) is 4. The van der Waals surface area contributed by atoms with Gasteiger partial charge in [-0.1, -0.05) is 23.7 Å². The fraction of sp³-hybridized carbons (Fsp3) is 0.118. The minimum Gasteiger partial charge on any atom is -0.376 e. The number of carbonyl (C=O) groups excluding carboxylic acids is 1. The van der Waals surface area contributed by atoms with E-state index in [1.807, 2.05) is 19.0 Å². The van der Waals surface area contributed by atoms with Crippen LogP contribution in [-0.2, 0) is 4.79 Å². The number of halogens is 1. The quantitative estimate of drug-likeness (QED) is 0.505. The number of rotatable bonds is 5. The van der Waals surface area contributed by atoms with Gasteiger partial charge in [0, 0.05) is 31.3 Å². The van der Waals surface area contributed by atoms with E-state index in [1.54, 1.807) is 36.4 Å². The van der Waals surface area contributed by atoms with Crippen LogP contribution in [0.1, 0.15) is 5.56 Å². The smallest absolute Gasteiger partial charge is 0.276 e. The average Bonchev–Trinajstić information content (AvgIpc) is 2.53. The monoisotopic (exact) mass is 345 g/mol. The third-order valence-corrected chi connectivity index (χ3v) is 3.48. The largest absolute Gasteiger partial charge is 0.376 e. The zero-order valence-corrected chi connectivity index (χ0v) is 13.9. The summed E-state index contributed by atoms with van der Waals surface area (Å²) in [6.07, 6.45) is 2.66. The van der Waals surface area contributed by atoms with Gasteiger partial charge in [0.25, 0.3) is 5.69 Å². The van der Waals surface area contributed by atoms with Gasteiger partial charge in [0.2, 0.25) is 5.91 Å². The van der Waals surface area contributed by atoms with E-state index >= 15 is 0 Å². The molecule has 2 aromatic carbocycles. The van der Waals surface area contributed by atoms with Gasteiger partial charge >= 0.3 is 0 Å². The van der Waals surface area contributed by atoms with Crippen molar-refractivity contribution in [3.05, 3.63) is 69.2 Å². The second-order valence-electron chi connectivity index (χ2n) is 5.19. The molecule has 0 aromatic heterocycles. The SMILES string of the molecule is CN(C)c1ccc(Cl)cc1NC(=O)/C=C/c1ccccc1[N+](=O)[O-]. The van der Waals surface area contributed by atoms with Crippen LogP contribution in [0.25, 0.3) is 6.08 Å². The van der Waals surface area contributed by atoms with Crippen LogP contribution in [0.4, 0.5) is 17.1 Å². The van der Waals surface area contributed by atoms with Crippen LogP contribution in [0.2, 0.25) is 5.02 Å². The first-order chi connectivity index (χ1) is 11.4. The summed E-state index contributed by atoms with van der Waals surface area (Å²) in [5.41, 5.74) is 1.66. The third-order valence-electron chi connectivity index (χ3n) is 3.25. The summed E-state index contributed by atoms with van der Waals surface area (Å²) < 4.78 is 0. The first-order valence-corrected chi connectivity index (χ1v) is 7.45. The van der Waals surface area contributed by atoms with Crippen LogP contribution < -0.4 is 10.2 Å². The maximum absolute atomic E-state index is 12.1. The fourth-order valence-electron chi connectivity index (χ4n) is 2.13. The molecule has 0 fully saturated rings. The number of benzene rings is 2. The second-order valence-corrected chi connectivity index (χ2v) is 5.63. The summed E-state index contributed by atoms with van der Waals surface area (Å²) in [5, 5.41) is 14.2. The molecule has 0 spiro atoms. The van der Waals surface area contributed by atoms with Crippen LogP contribution in [0.15, 0.2) is 48.5 Å². The molecular formula is C17H16ClN3O3. The van der Waals surface area contributed by atoms with Crippen LogP contribution in [-0.4, -0.2) is 24.9 Å². The lowest BCUT2D eigenvalue weighted by Gasteiger charge is -2.17. The molecule has 0 radical (unpaired) electrons. The number of carbonyl (C=O) groups is 1. The standard InChI is InChI=1S/C17H16ClN3O3/c1-20(2)16-9-8-13(18)11-14(16)19-17(22)10-7-12-5-3-4-6-15(12)21(23)24/h3-11H,1-2H3,(H,19,22)/b10-7+. The van der Waals surface area contributed by atoms with Gasteiger partial charge in [0.1, 0.15) is 0 Å². The Balaban J connectivity index is 2.20. The van der Waals surface area contributed by atoms with Crippen molar-refractivity contribution < 1.29 is 9.72 Å². The third kappa shape index (κ3) is 4.33. The van der Waals surface area contributed by atoms with E-state index in [2.05, 4.69) is 5.32 Å². The van der Waals surface area contributed by atoms with E-state index in [0.717, 1.165) is 5.69 Å². The molecule has 24 heavy (non-hydrogen) atoms. The summed E-state index contributed by atoms with van der Waals surface area (Å²) in [5.74, 6) is -0.404. The lowest BCUT2D eigenvalue weighted by molar-refractivity contribution is -0.385. The number of anilines is 2. The number of nitrogens with one attached hydrogen (secondary N) is 1. The van der Waals surface area contributed by atoms with Gasteiger partial charge in [-0.05, 0) is 30.3 Å². The Labute approximate surface area is 144 Å². The van der Waals surface area contributed by atoms with Gasteiger partial charge in [-0.25, -0.2) is 0 Å². The van der Waals surface area contributed by atoms with Gasteiger partial charge in [0.05, 0.1) is 21.9 Å². The van der Waals surface area contributed by atoms with Crippen LogP contribution in [0.3, 0.4) is 0 Å². The maximum atomic E-state index is 12.1. The summed E-state index contributed by atoms with van der Waals surface area (Å²) >= 11 is 5.97. The molecule has 0 saturated carbocycles. The van der Waals surface area contributed by atoms with Crippen molar-refractivity contribution in [3.63, 3.8) is 0 Å². The molecule has 0 aliphatic carbocycles. The predicted molar refractivity (Wildman–Crippen MR) is 96.5 cm³/mol. The lowest BCUT2D eigenvalue weighted by Crippen LogP contribution is -2.15. The van der Waals surface area contributed by atoms with Crippen molar-refractivity contribution >= 4 is 40.6 Å². The highest BCUT2D eigenvalue weighted by molar-refractivity contribution is 6.31. The van der Waals surface area contributed by atoms with Gasteiger partial charge < -0.3 is 10.2 Å². The van der Waals surface area contributed by atoms with Gasteiger partial charge in [-0.15, -0.1) is 0 Å². The van der Waals surface area contributed by atoms with Crippen molar-refractivity contribution in [1.82, 2.24) is 0 Å². The Morgan fingerprint density at radius 3 is 2.62 bits per heavy atom. The molecule has 0 atom stereocenters.